The molecule has 74 valence electrons. The fraction of sp³-hybridized carbons (Fsp3) is 0.125. The molecule has 0 atom stereocenters. The first-order valence-corrected chi connectivity index (χ1v) is 3.52. The third kappa shape index (κ3) is 1.71. The van der Waals surface area contributed by atoms with Crippen molar-refractivity contribution < 1.29 is 13.2 Å². The first kappa shape index (κ1) is 10.2. The van der Waals surface area contributed by atoms with Gasteiger partial charge in [0.2, 0.25) is 0 Å². The molecule has 1 aromatic rings. The van der Waals surface area contributed by atoms with Crippen LogP contribution in [0.5, 0.6) is 0 Å². The fourth-order valence-corrected chi connectivity index (χ4v) is 0.932. The summed E-state index contributed by atoms with van der Waals surface area (Å²) in [7, 11) is 0. The maximum Gasteiger partial charge on any atom is 0.416 e. The highest BCUT2D eigenvalue weighted by molar-refractivity contribution is 5.72. The zero-order chi connectivity index (χ0) is 10.9. The lowest BCUT2D eigenvalue weighted by molar-refractivity contribution is -0.137. The van der Waals surface area contributed by atoms with Gasteiger partial charge < -0.3 is 11.5 Å². The van der Waals surface area contributed by atoms with Gasteiger partial charge in [-0.2, -0.15) is 18.4 Å². The lowest BCUT2D eigenvalue weighted by Gasteiger charge is -2.09. The molecule has 1 rings (SSSR count). The number of hydrogen-bond acceptors (Lipinski definition) is 3. The van der Waals surface area contributed by atoms with Crippen molar-refractivity contribution in [2.24, 2.45) is 0 Å². The van der Waals surface area contributed by atoms with E-state index >= 15 is 0 Å². The number of benzene rings is 1. The molecule has 0 aliphatic heterocycles. The van der Waals surface area contributed by atoms with E-state index < -0.39 is 11.7 Å². The van der Waals surface area contributed by atoms with E-state index in [1.54, 1.807) is 6.07 Å². The van der Waals surface area contributed by atoms with Crippen LogP contribution in [0.1, 0.15) is 11.1 Å². The van der Waals surface area contributed by atoms with Gasteiger partial charge in [-0.25, -0.2) is 0 Å². The number of alkyl halides is 3. The van der Waals surface area contributed by atoms with Gasteiger partial charge in [0, 0.05) is 0 Å². The zero-order valence-corrected chi connectivity index (χ0v) is 6.89. The van der Waals surface area contributed by atoms with Crippen molar-refractivity contribution in [1.82, 2.24) is 0 Å². The summed E-state index contributed by atoms with van der Waals surface area (Å²) < 4.78 is 36.6. The predicted octanol–water partition coefficient (Wildman–Crippen LogP) is 1.74. The maximum absolute atomic E-state index is 12.2. The van der Waals surface area contributed by atoms with E-state index in [1.165, 1.54) is 0 Å². The molecule has 0 saturated heterocycles. The van der Waals surface area contributed by atoms with E-state index in [9.17, 15) is 13.2 Å². The minimum absolute atomic E-state index is 0.125. The van der Waals surface area contributed by atoms with Crippen LogP contribution in [0.3, 0.4) is 0 Å². The molecule has 0 fully saturated rings. The minimum atomic E-state index is -4.52. The highest BCUT2D eigenvalue weighted by atomic mass is 19.4. The van der Waals surface area contributed by atoms with Crippen molar-refractivity contribution >= 4 is 11.4 Å². The zero-order valence-electron chi connectivity index (χ0n) is 6.89. The number of rotatable bonds is 0. The Hall–Kier alpha value is -1.90. The molecule has 0 aliphatic carbocycles. The average molecular weight is 201 g/mol. The van der Waals surface area contributed by atoms with Crippen molar-refractivity contribution in [3.05, 3.63) is 23.3 Å². The van der Waals surface area contributed by atoms with Gasteiger partial charge in [0.05, 0.1) is 22.5 Å². The van der Waals surface area contributed by atoms with Crippen molar-refractivity contribution in [2.75, 3.05) is 11.5 Å². The average Bonchev–Trinajstić information content (AvgIpc) is 2.07. The second kappa shape index (κ2) is 3.10. The van der Waals surface area contributed by atoms with Crippen LogP contribution < -0.4 is 11.5 Å². The van der Waals surface area contributed by atoms with Gasteiger partial charge >= 0.3 is 6.18 Å². The number of nitriles is 1. The van der Waals surface area contributed by atoms with Gasteiger partial charge in [-0.1, -0.05) is 0 Å². The number of anilines is 2. The lowest BCUT2D eigenvalue weighted by atomic mass is 10.1. The maximum atomic E-state index is 12.2. The monoisotopic (exact) mass is 201 g/mol. The summed E-state index contributed by atoms with van der Waals surface area (Å²) in [6, 6.07) is 2.92. The van der Waals surface area contributed by atoms with E-state index in [-0.39, 0.29) is 16.9 Å². The van der Waals surface area contributed by atoms with E-state index in [0.717, 1.165) is 0 Å². The Morgan fingerprint density at radius 1 is 1.21 bits per heavy atom. The topological polar surface area (TPSA) is 75.8 Å². The van der Waals surface area contributed by atoms with Crippen molar-refractivity contribution in [3.8, 4) is 6.07 Å². The first-order chi connectivity index (χ1) is 6.36. The molecule has 3 nitrogen and oxygen atoms in total. The van der Waals surface area contributed by atoms with Crippen molar-refractivity contribution in [1.29, 1.82) is 5.26 Å². The standard InChI is InChI=1S/C8H6F3N3/c9-8(10,11)5-1-4(3-12)7(14)6(13)2-5/h1-2H,13-14H2. The van der Waals surface area contributed by atoms with E-state index in [1.807, 2.05) is 0 Å². The van der Waals surface area contributed by atoms with Crippen LogP contribution in [0, 0.1) is 11.3 Å². The molecule has 0 unspecified atom stereocenters. The lowest BCUT2D eigenvalue weighted by Crippen LogP contribution is -2.08. The summed E-state index contributed by atoms with van der Waals surface area (Å²) in [4.78, 5) is 0. The summed E-state index contributed by atoms with van der Waals surface area (Å²) in [5.41, 5.74) is 8.91. The van der Waals surface area contributed by atoms with Crippen LogP contribution in [-0.4, -0.2) is 0 Å². The SMILES string of the molecule is N#Cc1cc(C(F)(F)F)cc(N)c1N. The Bertz CT molecular complexity index is 404. The second-order valence-corrected chi connectivity index (χ2v) is 2.64. The fourth-order valence-electron chi connectivity index (χ4n) is 0.932. The number of nitrogens with zero attached hydrogens (tertiary/aromatic N) is 1. The van der Waals surface area contributed by atoms with Gasteiger partial charge in [0.15, 0.2) is 0 Å². The molecule has 6 heteroatoms. The van der Waals surface area contributed by atoms with Crippen LogP contribution in [0.25, 0.3) is 0 Å². The van der Waals surface area contributed by atoms with E-state index in [0.29, 0.717) is 12.1 Å². The normalized spacial score (nSPS) is 11.0. The Balaban J connectivity index is 3.40. The van der Waals surface area contributed by atoms with Crippen molar-refractivity contribution in [2.45, 2.75) is 6.18 Å². The molecule has 0 radical (unpaired) electrons. The smallest absolute Gasteiger partial charge is 0.397 e. The highest BCUT2D eigenvalue weighted by Crippen LogP contribution is 2.33. The van der Waals surface area contributed by atoms with Crippen LogP contribution in [-0.2, 0) is 6.18 Å². The molecule has 0 aromatic heterocycles. The minimum Gasteiger partial charge on any atom is -0.397 e. The summed E-state index contributed by atoms with van der Waals surface area (Å²) in [6.07, 6.45) is -4.52. The highest BCUT2D eigenvalue weighted by Gasteiger charge is 2.31. The summed E-state index contributed by atoms with van der Waals surface area (Å²) in [6.45, 7) is 0. The number of hydrogen-bond donors (Lipinski definition) is 2. The molecular weight excluding hydrogens is 195 g/mol. The summed E-state index contributed by atoms with van der Waals surface area (Å²) in [5, 5.41) is 8.48. The molecule has 1 aromatic carbocycles. The molecule has 4 N–H and O–H groups in total. The van der Waals surface area contributed by atoms with Gasteiger partial charge in [-0.3, -0.25) is 0 Å². The molecule has 0 bridgehead atoms. The Kier molecular flexibility index (Phi) is 2.26. The van der Waals surface area contributed by atoms with Crippen LogP contribution >= 0.6 is 0 Å². The first-order valence-electron chi connectivity index (χ1n) is 3.52. The largest absolute Gasteiger partial charge is 0.416 e. The molecule has 0 amide bonds. The van der Waals surface area contributed by atoms with E-state index in [2.05, 4.69) is 0 Å². The van der Waals surface area contributed by atoms with Gasteiger partial charge in [0.25, 0.3) is 0 Å². The predicted molar refractivity (Wildman–Crippen MR) is 45.0 cm³/mol. The molecule has 0 spiro atoms. The molecule has 0 heterocycles. The quantitative estimate of drug-likeness (QED) is 0.627. The Morgan fingerprint density at radius 3 is 2.21 bits per heavy atom. The van der Waals surface area contributed by atoms with Gasteiger partial charge in [-0.05, 0) is 12.1 Å². The Morgan fingerprint density at radius 2 is 1.79 bits per heavy atom. The van der Waals surface area contributed by atoms with Gasteiger partial charge in [0.1, 0.15) is 6.07 Å². The number of halogens is 3. The van der Waals surface area contributed by atoms with Crippen LogP contribution in [0.4, 0.5) is 24.5 Å². The van der Waals surface area contributed by atoms with E-state index in [4.69, 9.17) is 16.7 Å². The second-order valence-electron chi connectivity index (χ2n) is 2.64. The molecule has 0 aliphatic rings. The van der Waals surface area contributed by atoms with Crippen LogP contribution in [0.2, 0.25) is 0 Å². The molecule has 14 heavy (non-hydrogen) atoms. The van der Waals surface area contributed by atoms with Gasteiger partial charge in [-0.15, -0.1) is 0 Å². The van der Waals surface area contributed by atoms with Crippen molar-refractivity contribution in [3.63, 3.8) is 0 Å². The number of nitrogens with two attached hydrogens (primary N) is 2. The van der Waals surface area contributed by atoms with Crippen LogP contribution in [0.15, 0.2) is 12.1 Å². The third-order valence-corrected chi connectivity index (χ3v) is 1.66. The summed E-state index contributed by atoms with van der Waals surface area (Å²) >= 11 is 0. The number of nitrogen functional groups attached to an aromatic ring is 2. The Labute approximate surface area is 77.7 Å². The molecular formula is C8H6F3N3. The molecule has 0 saturated carbocycles. The summed E-state index contributed by atoms with van der Waals surface area (Å²) in [5.74, 6) is 0. The third-order valence-electron chi connectivity index (χ3n) is 1.66.